The van der Waals surface area contributed by atoms with E-state index in [-0.39, 0.29) is 56.0 Å². The molecular formula is C30H57N3O13. The summed E-state index contributed by atoms with van der Waals surface area (Å²) in [6, 6.07) is 0. The molecule has 0 aromatic heterocycles. The Labute approximate surface area is 273 Å². The van der Waals surface area contributed by atoms with Crippen molar-refractivity contribution in [1.82, 2.24) is 16.0 Å². The van der Waals surface area contributed by atoms with Crippen LogP contribution in [-0.4, -0.2) is 163 Å². The quantitative estimate of drug-likeness (QED) is 0.0710. The molecule has 16 nitrogen and oxygen atoms in total. The highest BCUT2D eigenvalue weighted by Gasteiger charge is 2.04. The van der Waals surface area contributed by atoms with Crippen LogP contribution in [0.3, 0.4) is 0 Å². The van der Waals surface area contributed by atoms with Gasteiger partial charge in [0.15, 0.2) is 0 Å². The van der Waals surface area contributed by atoms with E-state index in [0.717, 1.165) is 0 Å². The van der Waals surface area contributed by atoms with Crippen LogP contribution in [0.15, 0.2) is 0 Å². The summed E-state index contributed by atoms with van der Waals surface area (Å²) in [7, 11) is 1.61. The first-order chi connectivity index (χ1) is 22.5. The normalized spacial score (nSPS) is 11.0. The third kappa shape index (κ3) is 36.2. The van der Waals surface area contributed by atoms with Crippen LogP contribution in [0, 0.1) is 0 Å². The number of rotatable bonds is 36. The zero-order valence-corrected chi connectivity index (χ0v) is 27.8. The van der Waals surface area contributed by atoms with E-state index in [1.165, 1.54) is 6.92 Å². The number of Topliss-reactive ketones (excluding diaryl/α,β-unsaturated/α-hetero) is 1. The van der Waals surface area contributed by atoms with Gasteiger partial charge in [0.2, 0.25) is 17.7 Å². The van der Waals surface area contributed by atoms with E-state index in [9.17, 15) is 19.2 Å². The van der Waals surface area contributed by atoms with Gasteiger partial charge in [-0.3, -0.25) is 19.2 Å². The van der Waals surface area contributed by atoms with Gasteiger partial charge < -0.3 is 58.6 Å². The average molecular weight is 668 g/mol. The zero-order chi connectivity index (χ0) is 33.8. The molecule has 0 aliphatic rings. The number of ketones is 1. The predicted molar refractivity (Wildman–Crippen MR) is 167 cm³/mol. The molecule has 0 radical (unpaired) electrons. The van der Waals surface area contributed by atoms with Gasteiger partial charge in [-0.05, 0) is 6.92 Å². The summed E-state index contributed by atoms with van der Waals surface area (Å²) in [6.07, 6.45) is 1.14. The van der Waals surface area contributed by atoms with Crippen molar-refractivity contribution in [3.63, 3.8) is 0 Å². The minimum atomic E-state index is -0.138. The van der Waals surface area contributed by atoms with Crippen LogP contribution in [-0.2, 0) is 61.8 Å². The van der Waals surface area contributed by atoms with Gasteiger partial charge in [0, 0.05) is 52.4 Å². The van der Waals surface area contributed by atoms with Crippen LogP contribution in [0.5, 0.6) is 0 Å². The molecule has 0 unspecified atom stereocenters. The Morgan fingerprint density at radius 1 is 0.370 bits per heavy atom. The summed E-state index contributed by atoms with van der Waals surface area (Å²) in [5.41, 5.74) is 0. The summed E-state index contributed by atoms with van der Waals surface area (Å²) < 4.78 is 47.6. The van der Waals surface area contributed by atoms with E-state index in [2.05, 4.69) is 16.0 Å². The van der Waals surface area contributed by atoms with Crippen LogP contribution in [0.1, 0.15) is 32.6 Å². The van der Waals surface area contributed by atoms with Crippen molar-refractivity contribution in [2.45, 2.75) is 32.6 Å². The molecule has 0 aromatic carbocycles. The Balaban J connectivity index is 3.31. The topological polar surface area (TPSA) is 187 Å². The zero-order valence-electron chi connectivity index (χ0n) is 27.8. The number of hydrogen-bond acceptors (Lipinski definition) is 13. The molecule has 0 bridgehead atoms. The van der Waals surface area contributed by atoms with Gasteiger partial charge in [0.25, 0.3) is 0 Å². The van der Waals surface area contributed by atoms with Gasteiger partial charge in [0.1, 0.15) is 5.78 Å². The van der Waals surface area contributed by atoms with Crippen LogP contribution >= 0.6 is 0 Å². The lowest BCUT2D eigenvalue weighted by Crippen LogP contribution is -2.29. The number of amides is 3. The lowest BCUT2D eigenvalue weighted by molar-refractivity contribution is -0.123. The van der Waals surface area contributed by atoms with Crippen molar-refractivity contribution in [3.8, 4) is 0 Å². The summed E-state index contributed by atoms with van der Waals surface area (Å²) in [4.78, 5) is 46.1. The lowest BCUT2D eigenvalue weighted by Gasteiger charge is -2.09. The fourth-order valence-electron chi connectivity index (χ4n) is 3.19. The fourth-order valence-corrected chi connectivity index (χ4v) is 3.19. The van der Waals surface area contributed by atoms with E-state index in [0.29, 0.717) is 125 Å². The summed E-state index contributed by atoms with van der Waals surface area (Å²) >= 11 is 0. The standard InChI is InChI=1S/C30H57N3O13/c1-27(34)3-10-39-19-23-43-14-7-31-28(35)4-11-40-20-24-44-15-8-32-29(36)5-12-41-21-25-45-16-9-33-30(37)6-13-42-22-26-46-18-17-38-2/h3-26H2,1-2H3,(H,31,35)(H,32,36)(H,33,37). The van der Waals surface area contributed by atoms with Gasteiger partial charge in [-0.2, -0.15) is 0 Å². The molecule has 0 rings (SSSR count). The average Bonchev–Trinajstić information content (AvgIpc) is 3.03. The van der Waals surface area contributed by atoms with Crippen molar-refractivity contribution >= 4 is 23.5 Å². The lowest BCUT2D eigenvalue weighted by atomic mass is 10.3. The smallest absolute Gasteiger partial charge is 0.222 e. The van der Waals surface area contributed by atoms with Crippen LogP contribution < -0.4 is 16.0 Å². The molecule has 46 heavy (non-hydrogen) atoms. The van der Waals surface area contributed by atoms with Crippen LogP contribution in [0.4, 0.5) is 0 Å². The molecule has 270 valence electrons. The van der Waals surface area contributed by atoms with Crippen molar-refractivity contribution in [1.29, 1.82) is 0 Å². The molecule has 0 fully saturated rings. The molecule has 0 aliphatic carbocycles. The second-order valence-electron chi connectivity index (χ2n) is 9.64. The monoisotopic (exact) mass is 667 g/mol. The Bertz CT molecular complexity index is 747. The molecular weight excluding hydrogens is 610 g/mol. The van der Waals surface area contributed by atoms with Gasteiger partial charge >= 0.3 is 0 Å². The van der Waals surface area contributed by atoms with E-state index >= 15 is 0 Å². The number of hydrogen-bond donors (Lipinski definition) is 3. The Morgan fingerprint density at radius 3 is 0.935 bits per heavy atom. The van der Waals surface area contributed by atoms with Crippen LogP contribution in [0.25, 0.3) is 0 Å². The van der Waals surface area contributed by atoms with Gasteiger partial charge in [-0.15, -0.1) is 0 Å². The minimum absolute atomic E-state index is 0.0908. The minimum Gasteiger partial charge on any atom is -0.382 e. The Kier molecular flexibility index (Phi) is 33.8. The van der Waals surface area contributed by atoms with Gasteiger partial charge in [-0.1, -0.05) is 0 Å². The largest absolute Gasteiger partial charge is 0.382 e. The molecule has 0 spiro atoms. The van der Waals surface area contributed by atoms with Gasteiger partial charge in [0.05, 0.1) is 112 Å². The summed E-state index contributed by atoms with van der Waals surface area (Å²) in [6.45, 7) is 9.24. The molecule has 0 saturated heterocycles. The molecule has 3 N–H and O–H groups in total. The second kappa shape index (κ2) is 35.6. The van der Waals surface area contributed by atoms with E-state index in [1.54, 1.807) is 7.11 Å². The molecule has 0 heterocycles. The number of carbonyl (C=O) groups is 4. The highest BCUT2D eigenvalue weighted by Crippen LogP contribution is 1.89. The first-order valence-corrected chi connectivity index (χ1v) is 15.9. The van der Waals surface area contributed by atoms with Crippen molar-refractivity contribution in [2.24, 2.45) is 0 Å². The fraction of sp³-hybridized carbons (Fsp3) is 0.867. The Morgan fingerprint density at radius 2 is 0.630 bits per heavy atom. The molecule has 0 aromatic rings. The number of carbonyl (C=O) groups excluding carboxylic acids is 4. The van der Waals surface area contributed by atoms with Crippen molar-refractivity contribution < 1.29 is 61.8 Å². The van der Waals surface area contributed by atoms with E-state index in [4.69, 9.17) is 42.6 Å². The third-order valence-corrected chi connectivity index (χ3v) is 5.64. The number of ether oxygens (including phenoxy) is 9. The second-order valence-corrected chi connectivity index (χ2v) is 9.64. The van der Waals surface area contributed by atoms with Gasteiger partial charge in [-0.25, -0.2) is 0 Å². The molecule has 16 heteroatoms. The van der Waals surface area contributed by atoms with Crippen molar-refractivity contribution in [3.05, 3.63) is 0 Å². The maximum Gasteiger partial charge on any atom is 0.222 e. The van der Waals surface area contributed by atoms with E-state index < -0.39 is 0 Å². The molecule has 0 saturated carbocycles. The van der Waals surface area contributed by atoms with Crippen molar-refractivity contribution in [2.75, 3.05) is 139 Å². The maximum atomic E-state index is 11.8. The maximum absolute atomic E-state index is 11.8. The molecule has 0 aliphatic heterocycles. The highest BCUT2D eigenvalue weighted by atomic mass is 16.5. The number of methoxy groups -OCH3 is 1. The molecule has 0 atom stereocenters. The third-order valence-electron chi connectivity index (χ3n) is 5.64. The van der Waals surface area contributed by atoms with E-state index in [1.807, 2.05) is 0 Å². The Hall–Kier alpha value is -2.28. The van der Waals surface area contributed by atoms with Crippen LogP contribution in [0.2, 0.25) is 0 Å². The number of nitrogens with one attached hydrogen (secondary N) is 3. The first-order valence-electron chi connectivity index (χ1n) is 15.9. The SMILES string of the molecule is COCCOCCOCCC(=O)NCCOCCOCCC(=O)NCCOCCOCCC(=O)NCCOCCOCCC(C)=O. The molecule has 3 amide bonds. The summed E-state index contributed by atoms with van der Waals surface area (Å²) in [5.74, 6) is -0.283. The first kappa shape index (κ1) is 43.7. The predicted octanol–water partition coefficient (Wildman–Crippen LogP) is -0.736. The highest BCUT2D eigenvalue weighted by molar-refractivity contribution is 5.76. The summed E-state index contributed by atoms with van der Waals surface area (Å²) in [5, 5.41) is 8.24.